The lowest BCUT2D eigenvalue weighted by molar-refractivity contribution is -0.113. The highest BCUT2D eigenvalue weighted by Gasteiger charge is 2.43. The third-order valence-corrected chi connectivity index (χ3v) is 9.60. The fraction of sp³-hybridized carbons (Fsp3) is 0.609. The van der Waals surface area contributed by atoms with Gasteiger partial charge in [-0.2, -0.15) is 4.98 Å². The zero-order valence-electron chi connectivity index (χ0n) is 18.5. The van der Waals surface area contributed by atoms with Gasteiger partial charge in [0.1, 0.15) is 17.0 Å². The van der Waals surface area contributed by atoms with E-state index in [2.05, 4.69) is 20.1 Å². The van der Waals surface area contributed by atoms with Crippen LogP contribution in [0, 0.1) is 11.8 Å². The van der Waals surface area contributed by atoms with Crippen LogP contribution in [-0.4, -0.2) is 67.9 Å². The monoisotopic (exact) mass is 465 g/mol. The third-order valence-electron chi connectivity index (χ3n) is 8.14. The molecule has 7 rings (SSSR count). The SMILES string of the molecule is O=CC1(Nc2nc(N3C[C@H]4CN(c5ncc6c(n5)CC6)C[C@H]4C3)nc3c2[S@](=O)CC3)CCC1. The van der Waals surface area contributed by atoms with Crippen LogP contribution < -0.4 is 15.1 Å². The summed E-state index contributed by atoms with van der Waals surface area (Å²) in [7, 11) is -1.11. The molecule has 3 aliphatic heterocycles. The predicted molar refractivity (Wildman–Crippen MR) is 124 cm³/mol. The Hall–Kier alpha value is -2.62. The number of carbonyl (C=O) groups is 1. The minimum absolute atomic E-state index is 0.523. The van der Waals surface area contributed by atoms with Crippen LogP contribution in [0.3, 0.4) is 0 Å². The Morgan fingerprint density at radius 2 is 1.70 bits per heavy atom. The van der Waals surface area contributed by atoms with Crippen LogP contribution in [0.2, 0.25) is 0 Å². The molecule has 1 saturated carbocycles. The normalized spacial score (nSPS) is 28.5. The van der Waals surface area contributed by atoms with E-state index in [0.29, 0.717) is 40.7 Å². The molecule has 0 unspecified atom stereocenters. The quantitative estimate of drug-likeness (QED) is 0.651. The van der Waals surface area contributed by atoms with Crippen molar-refractivity contribution in [3.63, 3.8) is 0 Å². The molecular weight excluding hydrogens is 438 g/mol. The van der Waals surface area contributed by atoms with Gasteiger partial charge in [0.05, 0.1) is 22.0 Å². The molecule has 5 heterocycles. The van der Waals surface area contributed by atoms with Gasteiger partial charge in [-0.05, 0) is 37.7 Å². The number of hydrogen-bond acceptors (Lipinski definition) is 9. The largest absolute Gasteiger partial charge is 0.357 e. The number of nitrogens with one attached hydrogen (secondary N) is 1. The van der Waals surface area contributed by atoms with Gasteiger partial charge < -0.3 is 19.9 Å². The molecular formula is C23H27N7O2S. The third kappa shape index (κ3) is 3.09. The van der Waals surface area contributed by atoms with Crippen molar-refractivity contribution in [1.82, 2.24) is 19.9 Å². The van der Waals surface area contributed by atoms with Crippen LogP contribution in [0.25, 0.3) is 0 Å². The number of nitrogens with zero attached hydrogens (tertiary/aromatic N) is 6. The van der Waals surface area contributed by atoms with Gasteiger partial charge in [0, 0.05) is 62.1 Å². The van der Waals surface area contributed by atoms with E-state index >= 15 is 0 Å². The first kappa shape index (κ1) is 19.8. The number of carbonyl (C=O) groups excluding carboxylic acids is 1. The molecule has 3 atom stereocenters. The Balaban J connectivity index is 1.12. The first-order valence-corrected chi connectivity index (χ1v) is 13.3. The molecule has 0 spiro atoms. The van der Waals surface area contributed by atoms with Crippen LogP contribution in [0.5, 0.6) is 0 Å². The number of aromatic nitrogens is 4. The molecule has 172 valence electrons. The second-order valence-electron chi connectivity index (χ2n) is 10.2. The maximum absolute atomic E-state index is 12.7. The molecule has 0 amide bonds. The van der Waals surface area contributed by atoms with Gasteiger partial charge in [-0.25, -0.2) is 15.0 Å². The molecule has 0 aromatic carbocycles. The summed E-state index contributed by atoms with van der Waals surface area (Å²) in [5.74, 6) is 3.81. The zero-order chi connectivity index (χ0) is 22.2. The van der Waals surface area contributed by atoms with E-state index in [4.69, 9.17) is 15.0 Å². The molecule has 0 bridgehead atoms. The Morgan fingerprint density at radius 3 is 2.30 bits per heavy atom. The van der Waals surface area contributed by atoms with Crippen LogP contribution in [0.4, 0.5) is 17.7 Å². The fourth-order valence-electron chi connectivity index (χ4n) is 5.88. The number of anilines is 3. The Bertz CT molecular complexity index is 1170. The topological polar surface area (TPSA) is 104 Å². The van der Waals surface area contributed by atoms with Gasteiger partial charge in [-0.3, -0.25) is 4.21 Å². The summed E-state index contributed by atoms with van der Waals surface area (Å²) in [6, 6.07) is 0. The van der Waals surface area contributed by atoms with E-state index in [9.17, 15) is 9.00 Å². The van der Waals surface area contributed by atoms with Gasteiger partial charge in [0.15, 0.2) is 0 Å². The van der Waals surface area contributed by atoms with Gasteiger partial charge in [-0.1, -0.05) is 0 Å². The van der Waals surface area contributed by atoms with Gasteiger partial charge in [-0.15, -0.1) is 0 Å². The smallest absolute Gasteiger partial charge is 0.227 e. The van der Waals surface area contributed by atoms with E-state index < -0.39 is 16.3 Å². The van der Waals surface area contributed by atoms with Crippen molar-refractivity contribution < 1.29 is 9.00 Å². The van der Waals surface area contributed by atoms with Gasteiger partial charge in [0.2, 0.25) is 11.9 Å². The van der Waals surface area contributed by atoms with Crippen LogP contribution in [-0.2, 0) is 34.9 Å². The molecule has 2 aliphatic carbocycles. The molecule has 0 radical (unpaired) electrons. The number of rotatable bonds is 5. The molecule has 33 heavy (non-hydrogen) atoms. The van der Waals surface area contributed by atoms with Crippen molar-refractivity contribution >= 4 is 34.8 Å². The highest BCUT2D eigenvalue weighted by atomic mass is 32.2. The van der Waals surface area contributed by atoms with Crippen molar-refractivity contribution in [2.75, 3.05) is 47.0 Å². The molecule has 5 aliphatic rings. The Morgan fingerprint density at radius 1 is 0.970 bits per heavy atom. The Labute approximate surface area is 194 Å². The molecule has 10 heteroatoms. The van der Waals surface area contributed by atoms with E-state index in [-0.39, 0.29) is 0 Å². The van der Waals surface area contributed by atoms with Crippen molar-refractivity contribution in [3.8, 4) is 0 Å². The summed E-state index contributed by atoms with van der Waals surface area (Å²) in [6.45, 7) is 3.70. The summed E-state index contributed by atoms with van der Waals surface area (Å²) in [4.78, 5) is 36.1. The average molecular weight is 466 g/mol. The fourth-order valence-corrected chi connectivity index (χ4v) is 7.19. The minimum atomic E-state index is -1.11. The van der Waals surface area contributed by atoms with Crippen LogP contribution >= 0.6 is 0 Å². The number of aldehydes is 1. The molecule has 2 aromatic heterocycles. The minimum Gasteiger partial charge on any atom is -0.357 e. The van der Waals surface area contributed by atoms with Crippen molar-refractivity contribution in [1.29, 1.82) is 0 Å². The lowest BCUT2D eigenvalue weighted by atomic mass is 9.78. The lowest BCUT2D eigenvalue weighted by Gasteiger charge is -2.38. The summed E-state index contributed by atoms with van der Waals surface area (Å²) in [5, 5.41) is 3.37. The lowest BCUT2D eigenvalue weighted by Crippen LogP contribution is -2.47. The first-order valence-electron chi connectivity index (χ1n) is 12.0. The molecule has 2 saturated heterocycles. The van der Waals surface area contributed by atoms with Crippen molar-refractivity contribution in [2.24, 2.45) is 11.8 Å². The number of hydrogen-bond donors (Lipinski definition) is 1. The van der Waals surface area contributed by atoms with Gasteiger partial charge >= 0.3 is 0 Å². The van der Waals surface area contributed by atoms with Crippen LogP contribution in [0.15, 0.2) is 11.1 Å². The number of aryl methyl sites for hydroxylation is 3. The maximum Gasteiger partial charge on any atom is 0.227 e. The second-order valence-corrected chi connectivity index (χ2v) is 11.7. The summed E-state index contributed by atoms with van der Waals surface area (Å²) in [6.07, 6.45) is 8.48. The summed E-state index contributed by atoms with van der Waals surface area (Å²) in [5.41, 5.74) is 2.81. The average Bonchev–Trinajstić information content (AvgIpc) is 3.45. The van der Waals surface area contributed by atoms with Crippen molar-refractivity contribution in [2.45, 2.75) is 49.0 Å². The van der Waals surface area contributed by atoms with E-state index in [1.54, 1.807) is 0 Å². The second kappa shape index (κ2) is 7.19. The van der Waals surface area contributed by atoms with E-state index in [1.165, 1.54) is 11.3 Å². The molecule has 1 N–H and O–H groups in total. The number of fused-ring (bicyclic) bond motifs is 3. The standard InChI is InChI=1S/C23H27N7O2S/c31-13-23(5-1-6-23)28-20-19-18(4-7-33(19)32)26-22(27-20)30-11-15-9-29(10-16(15)12-30)21-24-8-14-2-3-17(14)25-21/h8,13,15-16H,1-7,9-12H2,(H,26,27,28)/t15-,16+,33-/m1/s1. The van der Waals surface area contributed by atoms with Crippen molar-refractivity contribution in [3.05, 3.63) is 23.1 Å². The first-order chi connectivity index (χ1) is 16.1. The summed E-state index contributed by atoms with van der Waals surface area (Å²) < 4.78 is 12.7. The highest BCUT2D eigenvalue weighted by Crippen LogP contribution is 2.39. The molecule has 9 nitrogen and oxygen atoms in total. The molecule has 2 aromatic rings. The summed E-state index contributed by atoms with van der Waals surface area (Å²) >= 11 is 0. The van der Waals surface area contributed by atoms with E-state index in [1.807, 2.05) is 6.20 Å². The molecule has 3 fully saturated rings. The predicted octanol–water partition coefficient (Wildman–Crippen LogP) is 1.13. The maximum atomic E-state index is 12.7. The van der Waals surface area contributed by atoms with Crippen LogP contribution in [0.1, 0.15) is 36.2 Å². The van der Waals surface area contributed by atoms with Gasteiger partial charge in [0.25, 0.3) is 0 Å². The highest BCUT2D eigenvalue weighted by molar-refractivity contribution is 7.85. The van der Waals surface area contributed by atoms with E-state index in [0.717, 1.165) is 76.2 Å². The zero-order valence-corrected chi connectivity index (χ0v) is 19.3. The Kier molecular flexibility index (Phi) is 4.32.